The molecule has 0 aliphatic heterocycles. The molecule has 2 aromatic heterocycles. The van der Waals surface area contributed by atoms with Crippen LogP contribution in [0.5, 0.6) is 11.5 Å². The van der Waals surface area contributed by atoms with Gasteiger partial charge in [0.25, 0.3) is 10.0 Å². The normalized spacial score (nSPS) is 11.5. The molecule has 6 aromatic rings. The first kappa shape index (κ1) is 31.0. The molecule has 1 amide bonds. The quantitative estimate of drug-likeness (QED) is 0.151. The van der Waals surface area contributed by atoms with Crippen molar-refractivity contribution in [3.8, 4) is 17.2 Å². The standard InChI is InChI=1S/C34H28FN5O6S/c1-19-8-11-24(12-9-19)47(44,45)40-29-17-27(38-34(42)43)20(2)14-22(29)16-30(40)32(41)25-18-37-39(33(25)36)28-13-10-23(15-21(28)3)46-31-7-5-4-6-26(31)35/h4-18,38H,36H2,1-3H3,(H,42,43). The van der Waals surface area contributed by atoms with Crippen molar-refractivity contribution in [1.82, 2.24) is 13.8 Å². The zero-order valence-electron chi connectivity index (χ0n) is 25.4. The SMILES string of the molecule is Cc1ccc(S(=O)(=O)n2c(C(=O)c3cnn(-c4ccc(Oc5ccccc5F)cc4C)c3N)cc3cc(C)c(NC(=O)O)cc32)cc1. The van der Waals surface area contributed by atoms with Crippen LogP contribution < -0.4 is 15.8 Å². The molecule has 0 unspecified atom stereocenters. The largest absolute Gasteiger partial charge is 0.465 e. The Morgan fingerprint density at radius 1 is 0.936 bits per heavy atom. The maximum atomic E-state index is 14.2. The van der Waals surface area contributed by atoms with Gasteiger partial charge in [-0.05, 0) is 92.6 Å². The fraction of sp³-hybridized carbons (Fsp3) is 0.0882. The lowest BCUT2D eigenvalue weighted by molar-refractivity contribution is 0.103. The van der Waals surface area contributed by atoms with E-state index in [9.17, 15) is 27.5 Å². The van der Waals surface area contributed by atoms with Crippen LogP contribution in [0.2, 0.25) is 0 Å². The monoisotopic (exact) mass is 653 g/mol. The Morgan fingerprint density at radius 2 is 1.66 bits per heavy atom. The maximum absolute atomic E-state index is 14.2. The van der Waals surface area contributed by atoms with Gasteiger partial charge in [0.2, 0.25) is 5.78 Å². The van der Waals surface area contributed by atoms with E-state index in [1.54, 1.807) is 62.4 Å². The highest BCUT2D eigenvalue weighted by Crippen LogP contribution is 2.33. The average Bonchev–Trinajstić information content (AvgIpc) is 3.59. The van der Waals surface area contributed by atoms with Gasteiger partial charge in [-0.25, -0.2) is 26.3 Å². The topological polar surface area (TPSA) is 159 Å². The lowest BCUT2D eigenvalue weighted by atomic mass is 10.1. The van der Waals surface area contributed by atoms with Crippen molar-refractivity contribution >= 4 is 44.3 Å². The van der Waals surface area contributed by atoms with Crippen molar-refractivity contribution in [2.75, 3.05) is 11.1 Å². The van der Waals surface area contributed by atoms with Crippen LogP contribution in [-0.2, 0) is 10.0 Å². The fourth-order valence-electron chi connectivity index (χ4n) is 5.27. The number of benzene rings is 4. The van der Waals surface area contributed by atoms with Gasteiger partial charge < -0.3 is 15.6 Å². The number of carbonyl (C=O) groups is 2. The Balaban J connectivity index is 1.45. The molecule has 47 heavy (non-hydrogen) atoms. The van der Waals surface area contributed by atoms with Crippen LogP contribution in [0.4, 0.5) is 20.7 Å². The summed E-state index contributed by atoms with van der Waals surface area (Å²) in [6.45, 7) is 5.24. The number of nitrogens with two attached hydrogens (primary N) is 1. The van der Waals surface area contributed by atoms with Gasteiger partial charge in [0.1, 0.15) is 17.3 Å². The van der Waals surface area contributed by atoms with Crippen LogP contribution in [0.1, 0.15) is 32.7 Å². The molecule has 0 aliphatic carbocycles. The number of hydrogen-bond acceptors (Lipinski definition) is 7. The van der Waals surface area contributed by atoms with E-state index in [1.165, 1.54) is 47.3 Å². The van der Waals surface area contributed by atoms with Crippen LogP contribution >= 0.6 is 0 Å². The average molecular weight is 654 g/mol. The number of carbonyl (C=O) groups excluding carboxylic acids is 1. The molecule has 0 saturated carbocycles. The summed E-state index contributed by atoms with van der Waals surface area (Å²) in [4.78, 5) is 25.6. The zero-order chi connectivity index (χ0) is 33.6. The Morgan fingerprint density at radius 3 is 2.34 bits per heavy atom. The van der Waals surface area contributed by atoms with E-state index in [0.29, 0.717) is 28.0 Å². The number of aryl methyl sites for hydroxylation is 3. The minimum Gasteiger partial charge on any atom is -0.465 e. The van der Waals surface area contributed by atoms with Crippen molar-refractivity contribution in [3.63, 3.8) is 0 Å². The molecule has 238 valence electrons. The van der Waals surface area contributed by atoms with Crippen LogP contribution in [0, 0.1) is 26.6 Å². The summed E-state index contributed by atoms with van der Waals surface area (Å²) in [5.41, 5.74) is 8.97. The van der Waals surface area contributed by atoms with Gasteiger partial charge in [0.15, 0.2) is 11.6 Å². The number of hydrogen-bond donors (Lipinski definition) is 3. The number of halogens is 1. The molecule has 11 nitrogen and oxygen atoms in total. The molecule has 13 heteroatoms. The second-order valence-corrected chi connectivity index (χ2v) is 12.7. The van der Waals surface area contributed by atoms with Crippen LogP contribution in [0.15, 0.2) is 96.0 Å². The number of nitrogens with zero attached hydrogens (tertiary/aromatic N) is 3. The molecule has 0 aliphatic rings. The van der Waals surface area contributed by atoms with Gasteiger partial charge >= 0.3 is 6.09 Å². The number of para-hydroxylation sites is 1. The number of carboxylic acid groups (broad SMARTS) is 1. The minimum absolute atomic E-state index is 0.0465. The lowest BCUT2D eigenvalue weighted by Gasteiger charge is -2.13. The molecule has 6 rings (SSSR count). The molecule has 4 aromatic carbocycles. The predicted octanol–water partition coefficient (Wildman–Crippen LogP) is 6.82. The summed E-state index contributed by atoms with van der Waals surface area (Å²) < 4.78 is 50.3. The Labute approximate surface area is 268 Å². The molecule has 2 heterocycles. The maximum Gasteiger partial charge on any atom is 0.409 e. The van der Waals surface area contributed by atoms with Crippen LogP contribution in [-0.4, -0.2) is 39.2 Å². The van der Waals surface area contributed by atoms with E-state index >= 15 is 0 Å². The number of nitrogens with one attached hydrogen (secondary N) is 1. The van der Waals surface area contributed by atoms with E-state index < -0.39 is 27.7 Å². The van der Waals surface area contributed by atoms with E-state index in [1.807, 2.05) is 6.92 Å². The first-order valence-electron chi connectivity index (χ1n) is 14.2. The Kier molecular flexibility index (Phi) is 7.77. The second-order valence-electron chi connectivity index (χ2n) is 10.9. The molecule has 0 atom stereocenters. The van der Waals surface area contributed by atoms with Crippen molar-refractivity contribution < 1.29 is 32.2 Å². The van der Waals surface area contributed by atoms with Gasteiger partial charge in [-0.2, -0.15) is 5.10 Å². The first-order chi connectivity index (χ1) is 22.3. The first-order valence-corrected chi connectivity index (χ1v) is 15.7. The van der Waals surface area contributed by atoms with Crippen molar-refractivity contribution in [3.05, 3.63) is 125 Å². The Bertz CT molecular complexity index is 2330. The third kappa shape index (κ3) is 5.68. The number of nitrogen functional groups attached to an aromatic ring is 1. The summed E-state index contributed by atoms with van der Waals surface area (Å²) >= 11 is 0. The number of ether oxygens (including phenoxy) is 1. The number of fused-ring (bicyclic) bond motifs is 1. The van der Waals surface area contributed by atoms with E-state index in [4.69, 9.17) is 10.5 Å². The summed E-state index contributed by atoms with van der Waals surface area (Å²) in [7, 11) is -4.37. The number of anilines is 2. The summed E-state index contributed by atoms with van der Waals surface area (Å²) in [6, 6.07) is 21.5. The molecular formula is C34H28FN5O6S. The van der Waals surface area contributed by atoms with Crippen molar-refractivity contribution in [2.45, 2.75) is 25.7 Å². The second kappa shape index (κ2) is 11.8. The number of aromatic nitrogens is 3. The van der Waals surface area contributed by atoms with Crippen LogP contribution in [0.25, 0.3) is 16.6 Å². The van der Waals surface area contributed by atoms with Gasteiger partial charge in [0.05, 0.1) is 27.9 Å². The predicted molar refractivity (Wildman–Crippen MR) is 175 cm³/mol. The molecule has 4 N–H and O–H groups in total. The molecule has 0 saturated heterocycles. The molecule has 0 bridgehead atoms. The molecule has 0 fully saturated rings. The molecular weight excluding hydrogens is 625 g/mol. The minimum atomic E-state index is -4.37. The van der Waals surface area contributed by atoms with E-state index in [2.05, 4.69) is 10.4 Å². The Hall–Kier alpha value is -5.95. The highest BCUT2D eigenvalue weighted by Gasteiger charge is 2.30. The summed E-state index contributed by atoms with van der Waals surface area (Å²) in [5, 5.41) is 16.3. The fourth-order valence-corrected chi connectivity index (χ4v) is 6.78. The number of amides is 1. The molecule has 0 radical (unpaired) electrons. The molecule has 0 spiro atoms. The van der Waals surface area contributed by atoms with Crippen molar-refractivity contribution in [1.29, 1.82) is 0 Å². The number of ketones is 1. The van der Waals surface area contributed by atoms with Gasteiger partial charge in [-0.1, -0.05) is 29.8 Å². The highest BCUT2D eigenvalue weighted by molar-refractivity contribution is 7.90. The van der Waals surface area contributed by atoms with Gasteiger partial charge in [-0.15, -0.1) is 0 Å². The summed E-state index contributed by atoms with van der Waals surface area (Å²) in [6.07, 6.45) is -0.0742. The third-order valence-corrected chi connectivity index (χ3v) is 9.39. The number of rotatable bonds is 8. The van der Waals surface area contributed by atoms with Gasteiger partial charge in [-0.3, -0.25) is 10.1 Å². The van der Waals surface area contributed by atoms with Crippen LogP contribution in [0.3, 0.4) is 0 Å². The highest BCUT2D eigenvalue weighted by atomic mass is 32.2. The van der Waals surface area contributed by atoms with Crippen molar-refractivity contribution in [2.24, 2.45) is 0 Å². The lowest BCUT2D eigenvalue weighted by Crippen LogP contribution is -2.19. The zero-order valence-corrected chi connectivity index (χ0v) is 26.2. The smallest absolute Gasteiger partial charge is 0.409 e. The van der Waals surface area contributed by atoms with Gasteiger partial charge in [0, 0.05) is 11.1 Å². The van der Waals surface area contributed by atoms with E-state index in [-0.39, 0.29) is 38.9 Å². The van der Waals surface area contributed by atoms with E-state index in [0.717, 1.165) is 9.54 Å². The third-order valence-electron chi connectivity index (χ3n) is 7.65. The summed E-state index contributed by atoms with van der Waals surface area (Å²) in [5.74, 6) is -0.850.